The van der Waals surface area contributed by atoms with Gasteiger partial charge in [-0.15, -0.1) is 0 Å². The van der Waals surface area contributed by atoms with Gasteiger partial charge < -0.3 is 36.4 Å². The molecule has 1 saturated carbocycles. The molecule has 0 radical (unpaired) electrons. The minimum Gasteiger partial charge on any atom is -0.508 e. The van der Waals surface area contributed by atoms with Crippen LogP contribution in [0.4, 0.5) is 5.69 Å². The lowest BCUT2D eigenvalue weighted by atomic mass is 9.57. The molecule has 4 rings (SSSR count). The van der Waals surface area contributed by atoms with Crippen LogP contribution in [0.1, 0.15) is 43.4 Å². The van der Waals surface area contributed by atoms with Crippen molar-refractivity contribution in [3.63, 3.8) is 0 Å². The van der Waals surface area contributed by atoms with Gasteiger partial charge in [0.2, 0.25) is 5.78 Å². The molecule has 5 atom stereocenters. The molecular weight excluding hydrogens is 516 g/mol. The van der Waals surface area contributed by atoms with Gasteiger partial charge in [-0.2, -0.15) is 0 Å². The summed E-state index contributed by atoms with van der Waals surface area (Å²) >= 11 is 0. The summed E-state index contributed by atoms with van der Waals surface area (Å²) < 4.78 is 0. The third-order valence-electron chi connectivity index (χ3n) is 8.76. The zero-order valence-electron chi connectivity index (χ0n) is 23.9. The summed E-state index contributed by atoms with van der Waals surface area (Å²) in [5.74, 6) is -6.09. The topological polar surface area (TPSA) is 177 Å². The molecule has 1 aromatic carbocycles. The highest BCUT2D eigenvalue weighted by atomic mass is 16.3. The molecule has 0 aliphatic heterocycles. The molecule has 3 aliphatic rings. The fraction of sp³-hybridized carbons (Fsp3) is 0.552. The van der Waals surface area contributed by atoms with Gasteiger partial charge in [0.25, 0.3) is 5.91 Å². The standard InChI is InChI=1S/C29H40N4O7/c1-7-13(2)11-31-12-15-10-18(32(3)4)16-8-14-9-17-22(33(5)6)25(36)21(28(30)39)27(38)29(17,40)26(37)19(14)24(35)20(16)23(15)34/h10,13-14,17,22,31,34-35,38,40H,7-9,11-12H2,1-6H3,(H2,30,39)/t13?,14-,17-,22-,29-/m0/s1. The zero-order valence-corrected chi connectivity index (χ0v) is 23.9. The molecule has 0 aromatic heterocycles. The number of phenolic OH excluding ortho intramolecular Hbond substituents is 1. The Labute approximate surface area is 233 Å². The van der Waals surface area contributed by atoms with Crippen LogP contribution in [-0.2, 0) is 27.3 Å². The molecule has 218 valence electrons. The second kappa shape index (κ2) is 10.5. The van der Waals surface area contributed by atoms with E-state index in [-0.39, 0.29) is 29.7 Å². The number of hydrogen-bond donors (Lipinski definition) is 6. The van der Waals surface area contributed by atoms with Gasteiger partial charge in [-0.05, 0) is 56.9 Å². The third kappa shape index (κ3) is 4.36. The van der Waals surface area contributed by atoms with Crippen LogP contribution in [0, 0.1) is 17.8 Å². The number of ketones is 2. The number of primary amides is 1. The van der Waals surface area contributed by atoms with Gasteiger partial charge in [0.05, 0.1) is 11.6 Å². The number of aromatic hydroxyl groups is 1. The van der Waals surface area contributed by atoms with E-state index in [1.807, 2.05) is 25.1 Å². The Kier molecular flexibility index (Phi) is 7.78. The van der Waals surface area contributed by atoms with Gasteiger partial charge >= 0.3 is 0 Å². The highest BCUT2D eigenvalue weighted by molar-refractivity contribution is 6.24. The van der Waals surface area contributed by atoms with Crippen molar-refractivity contribution in [2.24, 2.45) is 23.5 Å². The van der Waals surface area contributed by atoms with Crippen molar-refractivity contribution in [3.8, 4) is 5.75 Å². The van der Waals surface area contributed by atoms with Crippen molar-refractivity contribution in [3.05, 3.63) is 39.7 Å². The Hall–Kier alpha value is -3.41. The van der Waals surface area contributed by atoms with Crippen LogP contribution in [0.25, 0.3) is 5.76 Å². The van der Waals surface area contributed by atoms with Gasteiger partial charge in [-0.1, -0.05) is 20.3 Å². The number of nitrogens with one attached hydrogen (secondary N) is 1. The number of amides is 1. The van der Waals surface area contributed by atoms with E-state index in [2.05, 4.69) is 19.2 Å². The molecule has 0 saturated heterocycles. The van der Waals surface area contributed by atoms with Crippen molar-refractivity contribution < 1.29 is 34.8 Å². The lowest BCUT2D eigenvalue weighted by molar-refractivity contribution is -0.153. The molecule has 3 aliphatic carbocycles. The van der Waals surface area contributed by atoms with Crippen LogP contribution in [0.2, 0.25) is 0 Å². The second-order valence-electron chi connectivity index (χ2n) is 11.8. The maximum atomic E-state index is 14.0. The minimum atomic E-state index is -2.65. The Bertz CT molecular complexity index is 1330. The van der Waals surface area contributed by atoms with E-state index in [0.29, 0.717) is 23.6 Å². The number of carbonyl (C=O) groups excluding carboxylic acids is 3. The summed E-state index contributed by atoms with van der Waals surface area (Å²) in [5, 5.41) is 49.0. The number of anilines is 1. The summed E-state index contributed by atoms with van der Waals surface area (Å²) in [5.41, 5.74) is 3.78. The van der Waals surface area contributed by atoms with Crippen molar-refractivity contribution in [1.82, 2.24) is 10.2 Å². The quantitative estimate of drug-likeness (QED) is 0.255. The van der Waals surface area contributed by atoms with E-state index in [0.717, 1.165) is 18.7 Å². The second-order valence-corrected chi connectivity index (χ2v) is 11.8. The lowest BCUT2D eigenvalue weighted by Crippen LogP contribution is -2.65. The van der Waals surface area contributed by atoms with E-state index in [1.165, 1.54) is 4.90 Å². The normalized spacial score (nSPS) is 26.9. The number of benzene rings is 1. The largest absolute Gasteiger partial charge is 0.508 e. The van der Waals surface area contributed by atoms with Gasteiger partial charge in [0, 0.05) is 43.4 Å². The summed E-state index contributed by atoms with van der Waals surface area (Å²) in [6.45, 7) is 5.26. The maximum Gasteiger partial charge on any atom is 0.255 e. The number of aliphatic hydroxyl groups excluding tert-OH is 2. The van der Waals surface area contributed by atoms with E-state index < -0.39 is 58.0 Å². The molecule has 1 unspecified atom stereocenters. The summed E-state index contributed by atoms with van der Waals surface area (Å²) in [7, 11) is 6.85. The maximum absolute atomic E-state index is 14.0. The van der Waals surface area contributed by atoms with Crippen LogP contribution >= 0.6 is 0 Å². The summed E-state index contributed by atoms with van der Waals surface area (Å²) in [6, 6.07) is 0.746. The Morgan fingerprint density at radius 3 is 2.40 bits per heavy atom. The minimum absolute atomic E-state index is 0.0532. The smallest absolute Gasteiger partial charge is 0.255 e. The number of Topliss-reactive ketones (excluding diaryl/α,β-unsaturated/α-hetero) is 2. The molecular formula is C29H40N4O7. The number of rotatable bonds is 8. The first-order valence-electron chi connectivity index (χ1n) is 13.6. The number of aliphatic hydroxyl groups is 3. The van der Waals surface area contributed by atoms with Crippen LogP contribution in [-0.4, -0.2) is 89.2 Å². The summed E-state index contributed by atoms with van der Waals surface area (Å²) in [4.78, 5) is 42.8. The SMILES string of the molecule is CCC(C)CNCc1cc(N(C)C)c2c(c1O)C(O)=C1C(=O)[C@]3(O)C(O)=C(C(N)=O)C(=O)[C@@H](N(C)C)[C@@H]3C[C@@H]1C2. The van der Waals surface area contributed by atoms with E-state index in [9.17, 15) is 34.8 Å². The van der Waals surface area contributed by atoms with Crippen molar-refractivity contribution in [2.75, 3.05) is 39.6 Å². The number of nitrogens with two attached hydrogens (primary N) is 1. The van der Waals surface area contributed by atoms with Crippen LogP contribution < -0.4 is 16.0 Å². The molecule has 1 fully saturated rings. The Morgan fingerprint density at radius 1 is 1.20 bits per heavy atom. The van der Waals surface area contributed by atoms with Crippen molar-refractivity contribution in [2.45, 2.75) is 51.3 Å². The van der Waals surface area contributed by atoms with Crippen LogP contribution in [0.3, 0.4) is 0 Å². The molecule has 40 heavy (non-hydrogen) atoms. The fourth-order valence-electron chi connectivity index (χ4n) is 6.48. The Morgan fingerprint density at radius 2 is 1.85 bits per heavy atom. The van der Waals surface area contributed by atoms with E-state index >= 15 is 0 Å². The van der Waals surface area contributed by atoms with Gasteiger partial charge in [0.1, 0.15) is 22.8 Å². The number of likely N-dealkylation sites (N-methyl/N-ethyl adjacent to an activating group) is 1. The first kappa shape index (κ1) is 29.6. The molecule has 11 nitrogen and oxygen atoms in total. The predicted molar refractivity (Wildman–Crippen MR) is 150 cm³/mol. The molecule has 0 spiro atoms. The first-order valence-corrected chi connectivity index (χ1v) is 13.6. The average molecular weight is 557 g/mol. The number of nitrogens with zero attached hydrogens (tertiary/aromatic N) is 2. The van der Waals surface area contributed by atoms with Crippen LogP contribution in [0.15, 0.2) is 23.0 Å². The molecule has 0 bridgehead atoms. The van der Waals surface area contributed by atoms with E-state index in [1.54, 1.807) is 14.1 Å². The summed E-state index contributed by atoms with van der Waals surface area (Å²) in [6.07, 6.45) is 1.29. The number of fused-ring (bicyclic) bond motifs is 3. The van der Waals surface area contributed by atoms with Crippen molar-refractivity contribution in [1.29, 1.82) is 0 Å². The molecule has 11 heteroatoms. The monoisotopic (exact) mass is 556 g/mol. The highest BCUT2D eigenvalue weighted by Crippen LogP contribution is 2.54. The fourth-order valence-corrected chi connectivity index (χ4v) is 6.48. The molecule has 7 N–H and O–H groups in total. The molecule has 1 aromatic rings. The first-order chi connectivity index (χ1) is 18.7. The van der Waals surface area contributed by atoms with Crippen LogP contribution in [0.5, 0.6) is 5.75 Å². The predicted octanol–water partition coefficient (Wildman–Crippen LogP) is 1.17. The van der Waals surface area contributed by atoms with Gasteiger partial charge in [-0.3, -0.25) is 19.3 Å². The lowest BCUT2D eigenvalue weighted by Gasteiger charge is -2.50. The highest BCUT2D eigenvalue weighted by Gasteiger charge is 2.64. The van der Waals surface area contributed by atoms with Gasteiger partial charge in [0.15, 0.2) is 11.4 Å². The number of hydrogen-bond acceptors (Lipinski definition) is 10. The number of phenols is 1. The molecule has 1 amide bonds. The van der Waals surface area contributed by atoms with E-state index in [4.69, 9.17) is 5.73 Å². The van der Waals surface area contributed by atoms with Crippen molar-refractivity contribution >= 4 is 28.9 Å². The van der Waals surface area contributed by atoms with Gasteiger partial charge in [-0.25, -0.2) is 0 Å². The number of carbonyl (C=O) groups is 3. The molecule has 0 heterocycles. The average Bonchev–Trinajstić information content (AvgIpc) is 2.86. The third-order valence-corrected chi connectivity index (χ3v) is 8.76. The Balaban J connectivity index is 1.90. The zero-order chi connectivity index (χ0) is 29.8.